The fraction of sp³-hybridized carbons (Fsp3) is 0.769. The molecule has 1 aliphatic carbocycles. The average molecular weight is 301 g/mol. The number of rotatable bonds is 5. The van der Waals surface area contributed by atoms with Gasteiger partial charge in [-0.1, -0.05) is 19.8 Å². The van der Waals surface area contributed by atoms with Crippen molar-refractivity contribution in [3.8, 4) is 6.01 Å². The molecule has 0 radical (unpaired) electrons. The minimum Gasteiger partial charge on any atom is -0.464 e. The standard InChI is InChI=1S/C13H21ClN4O2/c1-3-20-12-17-10(14)16-11(18-12)15-8-13(19)6-4-5-9(2)7-13/h9,19H,3-8H2,1-2H3,(H,15,16,17,18). The fourth-order valence-electron chi connectivity index (χ4n) is 2.64. The lowest BCUT2D eigenvalue weighted by molar-refractivity contribution is -0.000915. The van der Waals surface area contributed by atoms with Crippen molar-refractivity contribution in [2.24, 2.45) is 5.92 Å². The Hall–Kier alpha value is -1.14. The second-order valence-electron chi connectivity index (χ2n) is 5.42. The summed E-state index contributed by atoms with van der Waals surface area (Å²) in [6, 6.07) is 0.194. The van der Waals surface area contributed by atoms with Gasteiger partial charge in [0.1, 0.15) is 0 Å². The number of ether oxygens (including phenoxy) is 1. The molecule has 0 aliphatic heterocycles. The number of hydrogen-bond donors (Lipinski definition) is 2. The van der Waals surface area contributed by atoms with E-state index in [2.05, 4.69) is 27.2 Å². The summed E-state index contributed by atoms with van der Waals surface area (Å²) in [5, 5.41) is 13.7. The normalized spacial score (nSPS) is 26.3. The highest BCUT2D eigenvalue weighted by Gasteiger charge is 2.32. The molecule has 1 heterocycles. The molecule has 20 heavy (non-hydrogen) atoms. The summed E-state index contributed by atoms with van der Waals surface area (Å²) >= 11 is 5.82. The minimum absolute atomic E-state index is 0.0787. The first-order valence-corrected chi connectivity index (χ1v) is 7.39. The van der Waals surface area contributed by atoms with Crippen LogP contribution < -0.4 is 10.1 Å². The number of halogens is 1. The summed E-state index contributed by atoms with van der Waals surface area (Å²) in [6.07, 6.45) is 3.80. The number of anilines is 1. The van der Waals surface area contributed by atoms with Gasteiger partial charge in [0, 0.05) is 6.54 Å². The molecule has 1 fully saturated rings. The molecule has 0 spiro atoms. The zero-order valence-corrected chi connectivity index (χ0v) is 12.7. The second kappa shape index (κ2) is 6.54. The van der Waals surface area contributed by atoms with E-state index in [1.54, 1.807) is 0 Å². The molecular formula is C13H21ClN4O2. The molecule has 2 N–H and O–H groups in total. The smallest absolute Gasteiger partial charge is 0.322 e. The van der Waals surface area contributed by atoms with E-state index in [-0.39, 0.29) is 11.3 Å². The second-order valence-corrected chi connectivity index (χ2v) is 5.76. The zero-order chi connectivity index (χ0) is 14.6. The van der Waals surface area contributed by atoms with Gasteiger partial charge in [-0.2, -0.15) is 15.0 Å². The summed E-state index contributed by atoms with van der Waals surface area (Å²) in [6.45, 7) is 4.87. The summed E-state index contributed by atoms with van der Waals surface area (Å²) < 4.78 is 5.21. The van der Waals surface area contributed by atoms with E-state index in [1.165, 1.54) is 6.42 Å². The van der Waals surface area contributed by atoms with Crippen molar-refractivity contribution in [2.45, 2.75) is 45.1 Å². The van der Waals surface area contributed by atoms with E-state index >= 15 is 0 Å². The van der Waals surface area contributed by atoms with Crippen LogP contribution in [0.1, 0.15) is 39.5 Å². The van der Waals surface area contributed by atoms with Crippen LogP contribution in [0.3, 0.4) is 0 Å². The monoisotopic (exact) mass is 300 g/mol. The van der Waals surface area contributed by atoms with Crippen LogP contribution in [-0.4, -0.2) is 38.8 Å². The van der Waals surface area contributed by atoms with Crippen molar-refractivity contribution in [1.29, 1.82) is 0 Å². The fourth-order valence-corrected chi connectivity index (χ4v) is 2.79. The first-order valence-electron chi connectivity index (χ1n) is 7.01. The third kappa shape index (κ3) is 4.18. The first-order chi connectivity index (χ1) is 9.50. The number of nitrogens with zero attached hydrogens (tertiary/aromatic N) is 3. The van der Waals surface area contributed by atoms with Gasteiger partial charge in [0.05, 0.1) is 12.2 Å². The summed E-state index contributed by atoms with van der Waals surface area (Å²) in [5.41, 5.74) is -0.706. The van der Waals surface area contributed by atoms with Crippen LogP contribution in [0.25, 0.3) is 0 Å². The summed E-state index contributed by atoms with van der Waals surface area (Å²) in [7, 11) is 0. The van der Waals surface area contributed by atoms with E-state index in [1.807, 2.05) is 6.92 Å². The Morgan fingerprint density at radius 3 is 2.95 bits per heavy atom. The SMILES string of the molecule is CCOc1nc(Cl)nc(NCC2(O)CCCC(C)C2)n1. The van der Waals surface area contributed by atoms with Crippen LogP contribution in [0, 0.1) is 5.92 Å². The van der Waals surface area contributed by atoms with Crippen molar-refractivity contribution in [3.05, 3.63) is 5.28 Å². The zero-order valence-electron chi connectivity index (χ0n) is 11.9. The maximum Gasteiger partial charge on any atom is 0.322 e. The molecule has 6 nitrogen and oxygen atoms in total. The van der Waals surface area contributed by atoms with E-state index in [0.29, 0.717) is 25.0 Å². The highest BCUT2D eigenvalue weighted by Crippen LogP contribution is 2.32. The highest BCUT2D eigenvalue weighted by atomic mass is 35.5. The molecular weight excluding hydrogens is 280 g/mol. The molecule has 1 aromatic heterocycles. The van der Waals surface area contributed by atoms with Gasteiger partial charge in [0.2, 0.25) is 11.2 Å². The summed E-state index contributed by atoms with van der Waals surface area (Å²) in [4.78, 5) is 12.0. The van der Waals surface area contributed by atoms with E-state index in [9.17, 15) is 5.11 Å². The lowest BCUT2D eigenvalue weighted by atomic mass is 9.79. The summed E-state index contributed by atoms with van der Waals surface area (Å²) in [5.74, 6) is 0.872. The Morgan fingerprint density at radius 1 is 1.45 bits per heavy atom. The van der Waals surface area contributed by atoms with Gasteiger partial charge < -0.3 is 15.2 Å². The van der Waals surface area contributed by atoms with Crippen molar-refractivity contribution in [3.63, 3.8) is 0 Å². The molecule has 1 saturated carbocycles. The third-order valence-corrected chi connectivity index (χ3v) is 3.67. The van der Waals surface area contributed by atoms with E-state index in [4.69, 9.17) is 16.3 Å². The molecule has 1 aliphatic rings. The maximum atomic E-state index is 10.5. The van der Waals surface area contributed by atoms with Gasteiger partial charge in [-0.3, -0.25) is 0 Å². The van der Waals surface area contributed by atoms with Crippen molar-refractivity contribution in [2.75, 3.05) is 18.5 Å². The van der Waals surface area contributed by atoms with Gasteiger partial charge >= 0.3 is 6.01 Å². The predicted molar refractivity (Wildman–Crippen MR) is 77.1 cm³/mol. The molecule has 2 unspecified atom stereocenters. The number of aliphatic hydroxyl groups is 1. The van der Waals surface area contributed by atoms with Crippen LogP contribution in [0.2, 0.25) is 5.28 Å². The van der Waals surface area contributed by atoms with Gasteiger partial charge in [-0.25, -0.2) is 0 Å². The quantitative estimate of drug-likeness (QED) is 0.868. The predicted octanol–water partition coefficient (Wildman–Crippen LogP) is 2.28. The largest absolute Gasteiger partial charge is 0.464 e. The van der Waals surface area contributed by atoms with Crippen LogP contribution in [0.15, 0.2) is 0 Å². The molecule has 7 heteroatoms. The molecule has 0 amide bonds. The maximum absolute atomic E-state index is 10.5. The number of nitrogens with one attached hydrogen (secondary N) is 1. The van der Waals surface area contributed by atoms with E-state index < -0.39 is 5.60 Å². The molecule has 2 rings (SSSR count). The topological polar surface area (TPSA) is 80.2 Å². The number of hydrogen-bond acceptors (Lipinski definition) is 6. The molecule has 1 aromatic rings. The van der Waals surface area contributed by atoms with Crippen LogP contribution in [0.4, 0.5) is 5.95 Å². The average Bonchev–Trinajstić information content (AvgIpc) is 2.36. The Kier molecular flexibility index (Phi) is 4.99. The highest BCUT2D eigenvalue weighted by molar-refractivity contribution is 6.28. The number of aromatic nitrogens is 3. The third-order valence-electron chi connectivity index (χ3n) is 3.50. The molecule has 2 atom stereocenters. The van der Waals surface area contributed by atoms with Crippen molar-refractivity contribution >= 4 is 17.5 Å². The minimum atomic E-state index is -0.706. The van der Waals surface area contributed by atoms with Crippen LogP contribution >= 0.6 is 11.6 Å². The van der Waals surface area contributed by atoms with E-state index in [0.717, 1.165) is 19.3 Å². The van der Waals surface area contributed by atoms with Crippen LogP contribution in [-0.2, 0) is 0 Å². The molecule has 0 bridgehead atoms. The first kappa shape index (κ1) is 15.3. The van der Waals surface area contributed by atoms with Crippen LogP contribution in [0.5, 0.6) is 6.01 Å². The van der Waals surface area contributed by atoms with Crippen molar-refractivity contribution in [1.82, 2.24) is 15.0 Å². The van der Waals surface area contributed by atoms with Gasteiger partial charge in [0.25, 0.3) is 0 Å². The lowest BCUT2D eigenvalue weighted by Crippen LogP contribution is -2.41. The Balaban J connectivity index is 1.99. The molecule has 0 aromatic carbocycles. The molecule has 0 saturated heterocycles. The van der Waals surface area contributed by atoms with Crippen molar-refractivity contribution < 1.29 is 9.84 Å². The van der Waals surface area contributed by atoms with Gasteiger partial charge in [-0.05, 0) is 37.3 Å². The lowest BCUT2D eigenvalue weighted by Gasteiger charge is -2.35. The molecule has 112 valence electrons. The van der Waals surface area contributed by atoms with Gasteiger partial charge in [0.15, 0.2) is 0 Å². The Bertz CT molecular complexity index is 460. The van der Waals surface area contributed by atoms with Gasteiger partial charge in [-0.15, -0.1) is 0 Å². The Labute approximate surface area is 123 Å². The Morgan fingerprint density at radius 2 is 2.25 bits per heavy atom.